The third-order valence-electron chi connectivity index (χ3n) is 4.87. The van der Waals surface area contributed by atoms with E-state index < -0.39 is 0 Å². The molecule has 0 bridgehead atoms. The molecular weight excluding hydrogens is 337 g/mol. The number of hydrogen-bond donors (Lipinski definition) is 1. The van der Waals surface area contributed by atoms with Crippen molar-refractivity contribution in [3.05, 3.63) is 15.6 Å². The van der Waals surface area contributed by atoms with Crippen LogP contribution in [-0.2, 0) is 0 Å². The van der Waals surface area contributed by atoms with Crippen molar-refractivity contribution < 1.29 is 0 Å². The molecule has 3 rings (SSSR count). The second-order valence-electron chi connectivity index (χ2n) is 6.49. The topological polar surface area (TPSA) is 28.2 Å². The molecule has 0 radical (unpaired) electrons. The minimum atomic E-state index is 0. The Balaban J connectivity index is 0.00000121. The van der Waals surface area contributed by atoms with Crippen molar-refractivity contribution in [2.75, 3.05) is 32.7 Å². The van der Waals surface area contributed by atoms with Gasteiger partial charge in [-0.1, -0.05) is 0 Å². The van der Waals surface area contributed by atoms with Gasteiger partial charge in [0, 0.05) is 23.9 Å². The molecule has 0 spiro atoms. The number of nitrogens with zero attached hydrogens (tertiary/aromatic N) is 2. The highest BCUT2D eigenvalue weighted by Gasteiger charge is 2.26. The lowest BCUT2D eigenvalue weighted by molar-refractivity contribution is 0.163. The molecule has 2 fully saturated rings. The third kappa shape index (κ3) is 5.07. The average Bonchev–Trinajstić information content (AvgIpc) is 2.80. The van der Waals surface area contributed by atoms with E-state index in [-0.39, 0.29) is 24.8 Å². The van der Waals surface area contributed by atoms with Crippen LogP contribution < -0.4 is 5.32 Å². The molecule has 0 amide bonds. The Bertz CT molecular complexity index is 427. The molecule has 6 heteroatoms. The summed E-state index contributed by atoms with van der Waals surface area (Å²) < 4.78 is 0. The summed E-state index contributed by atoms with van der Waals surface area (Å²) in [6.07, 6.45) is 5.38. The van der Waals surface area contributed by atoms with Crippen LogP contribution in [0.4, 0.5) is 0 Å². The quantitative estimate of drug-likeness (QED) is 0.882. The number of halogens is 2. The lowest BCUT2D eigenvalue weighted by Crippen LogP contribution is -2.40. The molecule has 2 saturated heterocycles. The van der Waals surface area contributed by atoms with Crippen molar-refractivity contribution in [1.82, 2.24) is 15.2 Å². The monoisotopic (exact) mass is 365 g/mol. The number of piperidine rings is 2. The summed E-state index contributed by atoms with van der Waals surface area (Å²) in [4.78, 5) is 8.90. The van der Waals surface area contributed by atoms with Gasteiger partial charge in [-0.3, -0.25) is 0 Å². The highest BCUT2D eigenvalue weighted by atomic mass is 35.5. The minimum Gasteiger partial charge on any atom is -0.317 e. The molecule has 1 aromatic rings. The number of aromatic nitrogens is 1. The van der Waals surface area contributed by atoms with Crippen LogP contribution in [0, 0.1) is 19.8 Å². The van der Waals surface area contributed by atoms with Gasteiger partial charge in [-0.15, -0.1) is 36.2 Å². The fourth-order valence-electron chi connectivity index (χ4n) is 3.52. The van der Waals surface area contributed by atoms with Crippen LogP contribution in [0.2, 0.25) is 0 Å². The van der Waals surface area contributed by atoms with Crippen LogP contribution in [0.1, 0.15) is 47.2 Å². The second kappa shape index (κ2) is 9.43. The Kier molecular flexibility index (Phi) is 8.65. The second-order valence-corrected chi connectivity index (χ2v) is 7.72. The maximum Gasteiger partial charge on any atom is 0.0974 e. The summed E-state index contributed by atoms with van der Waals surface area (Å²) in [6, 6.07) is 0. The number of thiazole rings is 1. The van der Waals surface area contributed by atoms with Gasteiger partial charge < -0.3 is 10.2 Å². The van der Waals surface area contributed by atoms with E-state index >= 15 is 0 Å². The molecule has 0 saturated carbocycles. The van der Waals surface area contributed by atoms with Gasteiger partial charge in [-0.05, 0) is 65.1 Å². The molecule has 22 heavy (non-hydrogen) atoms. The fourth-order valence-corrected chi connectivity index (χ4v) is 4.57. The summed E-state index contributed by atoms with van der Waals surface area (Å²) in [5.74, 6) is 1.60. The van der Waals surface area contributed by atoms with Gasteiger partial charge in [0.25, 0.3) is 0 Å². The van der Waals surface area contributed by atoms with Gasteiger partial charge in [0.2, 0.25) is 0 Å². The standard InChI is InChI=1S/C16H27N3S.2ClH/c1-12-13(2)20-16(18-12)15-4-3-9-19(11-15)10-14-5-7-17-8-6-14;;/h14-15,17H,3-11H2,1-2H3;2*1H. The smallest absolute Gasteiger partial charge is 0.0974 e. The first-order valence-corrected chi connectivity index (χ1v) is 8.91. The molecule has 0 aromatic carbocycles. The van der Waals surface area contributed by atoms with Crippen LogP contribution >= 0.6 is 36.2 Å². The van der Waals surface area contributed by atoms with Gasteiger partial charge in [-0.25, -0.2) is 4.98 Å². The van der Waals surface area contributed by atoms with Gasteiger partial charge >= 0.3 is 0 Å². The van der Waals surface area contributed by atoms with Crippen LogP contribution in [-0.4, -0.2) is 42.6 Å². The third-order valence-corrected chi connectivity index (χ3v) is 6.11. The lowest BCUT2D eigenvalue weighted by Gasteiger charge is -2.35. The van der Waals surface area contributed by atoms with E-state index in [1.165, 1.54) is 74.0 Å². The zero-order chi connectivity index (χ0) is 13.9. The first kappa shape index (κ1) is 20.2. The fraction of sp³-hybridized carbons (Fsp3) is 0.812. The van der Waals surface area contributed by atoms with E-state index in [0.29, 0.717) is 5.92 Å². The first-order chi connectivity index (χ1) is 9.72. The van der Waals surface area contributed by atoms with Gasteiger partial charge in [-0.2, -0.15) is 0 Å². The number of likely N-dealkylation sites (tertiary alicyclic amines) is 1. The van der Waals surface area contributed by atoms with Crippen molar-refractivity contribution in [1.29, 1.82) is 0 Å². The summed E-state index contributed by atoms with van der Waals surface area (Å²) in [7, 11) is 0. The van der Waals surface area contributed by atoms with E-state index in [4.69, 9.17) is 4.98 Å². The van der Waals surface area contributed by atoms with E-state index in [1.807, 2.05) is 11.3 Å². The van der Waals surface area contributed by atoms with E-state index in [1.54, 1.807) is 0 Å². The van der Waals surface area contributed by atoms with Crippen LogP contribution in [0.5, 0.6) is 0 Å². The van der Waals surface area contributed by atoms with Gasteiger partial charge in [0.15, 0.2) is 0 Å². The van der Waals surface area contributed by atoms with Gasteiger partial charge in [0.05, 0.1) is 10.7 Å². The maximum absolute atomic E-state index is 4.80. The summed E-state index contributed by atoms with van der Waals surface area (Å²) >= 11 is 1.92. The van der Waals surface area contributed by atoms with Crippen LogP contribution in [0.15, 0.2) is 0 Å². The SMILES string of the molecule is Cc1nc(C2CCCN(CC3CCNCC3)C2)sc1C.Cl.Cl. The molecule has 1 aromatic heterocycles. The molecular formula is C16H29Cl2N3S. The summed E-state index contributed by atoms with van der Waals surface area (Å²) in [5, 5.41) is 4.85. The predicted octanol–water partition coefficient (Wildman–Crippen LogP) is 3.78. The van der Waals surface area contributed by atoms with Crippen molar-refractivity contribution >= 4 is 36.2 Å². The van der Waals surface area contributed by atoms with Crippen LogP contribution in [0.3, 0.4) is 0 Å². The number of aryl methyl sites for hydroxylation is 2. The number of hydrogen-bond acceptors (Lipinski definition) is 4. The van der Waals surface area contributed by atoms with E-state index in [2.05, 4.69) is 24.1 Å². The first-order valence-electron chi connectivity index (χ1n) is 8.09. The van der Waals surface area contributed by atoms with Crippen molar-refractivity contribution in [3.8, 4) is 0 Å². The van der Waals surface area contributed by atoms with Crippen molar-refractivity contribution in [2.24, 2.45) is 5.92 Å². The molecule has 1 N–H and O–H groups in total. The Labute approximate surface area is 151 Å². The lowest BCUT2D eigenvalue weighted by atomic mass is 9.94. The summed E-state index contributed by atoms with van der Waals surface area (Å²) in [5.41, 5.74) is 1.24. The predicted molar refractivity (Wildman–Crippen MR) is 100 cm³/mol. The Hall–Kier alpha value is 0.130. The highest BCUT2D eigenvalue weighted by Crippen LogP contribution is 2.31. The zero-order valence-electron chi connectivity index (χ0n) is 13.6. The Morgan fingerprint density at radius 3 is 2.55 bits per heavy atom. The van der Waals surface area contributed by atoms with Crippen molar-refractivity contribution in [3.63, 3.8) is 0 Å². The normalized spacial score (nSPS) is 23.6. The Morgan fingerprint density at radius 1 is 1.18 bits per heavy atom. The van der Waals surface area contributed by atoms with E-state index in [0.717, 1.165) is 5.92 Å². The molecule has 1 unspecified atom stereocenters. The molecule has 0 aliphatic carbocycles. The maximum atomic E-state index is 4.80. The largest absolute Gasteiger partial charge is 0.317 e. The molecule has 3 nitrogen and oxygen atoms in total. The molecule has 128 valence electrons. The molecule has 3 heterocycles. The zero-order valence-corrected chi connectivity index (χ0v) is 16.1. The minimum absolute atomic E-state index is 0. The average molecular weight is 366 g/mol. The number of nitrogens with one attached hydrogen (secondary N) is 1. The van der Waals surface area contributed by atoms with Gasteiger partial charge in [0.1, 0.15) is 0 Å². The summed E-state index contributed by atoms with van der Waals surface area (Å²) in [6.45, 7) is 10.6. The molecule has 2 aliphatic rings. The number of rotatable bonds is 3. The van der Waals surface area contributed by atoms with E-state index in [9.17, 15) is 0 Å². The van der Waals surface area contributed by atoms with Crippen LogP contribution in [0.25, 0.3) is 0 Å². The molecule has 1 atom stereocenters. The highest BCUT2D eigenvalue weighted by molar-refractivity contribution is 7.11. The molecule has 2 aliphatic heterocycles. The van der Waals surface area contributed by atoms with Crippen molar-refractivity contribution in [2.45, 2.75) is 45.4 Å². The Morgan fingerprint density at radius 2 is 1.91 bits per heavy atom.